The number of benzene rings is 1. The number of hydrogen-bond donors (Lipinski definition) is 1. The second kappa shape index (κ2) is 6.54. The van der Waals surface area contributed by atoms with Gasteiger partial charge in [-0.1, -0.05) is 15.9 Å². The summed E-state index contributed by atoms with van der Waals surface area (Å²) in [5.41, 5.74) is 0. The van der Waals surface area contributed by atoms with Crippen LogP contribution in [-0.2, 0) is 23.5 Å². The number of hydrogen-bond acceptors (Lipinski definition) is 5. The largest absolute Gasteiger partial charge is 0.495 e. The monoisotopic (exact) mass is 374 g/mol. The molecule has 0 unspecified atom stereocenters. The second-order valence-corrected chi connectivity index (χ2v) is 6.93. The van der Waals surface area contributed by atoms with Gasteiger partial charge in [-0.25, -0.2) is 18.1 Å². The molecular weight excluding hydrogens is 360 g/mol. The van der Waals surface area contributed by atoms with Crippen molar-refractivity contribution in [3.8, 4) is 5.75 Å². The van der Waals surface area contributed by atoms with Crippen molar-refractivity contribution in [2.45, 2.75) is 11.3 Å². The Labute approximate surface area is 131 Å². The number of nitrogens with zero attached hydrogens (tertiary/aromatic N) is 3. The molecule has 21 heavy (non-hydrogen) atoms. The quantitative estimate of drug-likeness (QED) is 0.818. The molecule has 9 heteroatoms. The SMILES string of the molecule is COc1ccc(Br)cc1S(=O)(=O)NCCc1ncn(C)n1. The third-order valence-corrected chi connectivity index (χ3v) is 4.68. The van der Waals surface area contributed by atoms with E-state index in [1.54, 1.807) is 30.2 Å². The fourth-order valence-electron chi connectivity index (χ4n) is 1.73. The number of aryl methyl sites for hydroxylation is 1. The Balaban J connectivity index is 2.09. The fraction of sp³-hybridized carbons (Fsp3) is 0.333. The van der Waals surface area contributed by atoms with Crippen molar-refractivity contribution in [1.29, 1.82) is 0 Å². The molecule has 1 heterocycles. The zero-order valence-electron chi connectivity index (χ0n) is 11.6. The predicted octanol–water partition coefficient (Wildman–Crippen LogP) is 1.11. The van der Waals surface area contributed by atoms with Gasteiger partial charge in [0, 0.05) is 24.5 Å². The van der Waals surface area contributed by atoms with Crippen LogP contribution in [-0.4, -0.2) is 36.8 Å². The van der Waals surface area contributed by atoms with Crippen molar-refractivity contribution < 1.29 is 13.2 Å². The van der Waals surface area contributed by atoms with E-state index in [2.05, 4.69) is 30.7 Å². The molecule has 1 N–H and O–H groups in total. The summed E-state index contributed by atoms with van der Waals surface area (Å²) in [6.45, 7) is 0.210. The van der Waals surface area contributed by atoms with Crippen LogP contribution >= 0.6 is 15.9 Å². The van der Waals surface area contributed by atoms with E-state index in [4.69, 9.17) is 4.74 Å². The Morgan fingerprint density at radius 1 is 1.43 bits per heavy atom. The Morgan fingerprint density at radius 3 is 2.81 bits per heavy atom. The summed E-state index contributed by atoms with van der Waals surface area (Å²) in [5, 5.41) is 4.09. The highest BCUT2D eigenvalue weighted by atomic mass is 79.9. The molecule has 0 bridgehead atoms. The van der Waals surface area contributed by atoms with E-state index in [-0.39, 0.29) is 11.4 Å². The van der Waals surface area contributed by atoms with Gasteiger partial charge in [0.25, 0.3) is 0 Å². The number of methoxy groups -OCH3 is 1. The topological polar surface area (TPSA) is 86.1 Å². The number of rotatable bonds is 6. The summed E-state index contributed by atoms with van der Waals surface area (Å²) in [6.07, 6.45) is 1.98. The minimum absolute atomic E-state index is 0.0911. The molecule has 0 aliphatic rings. The van der Waals surface area contributed by atoms with Crippen molar-refractivity contribution in [3.63, 3.8) is 0 Å². The summed E-state index contributed by atoms with van der Waals surface area (Å²) in [4.78, 5) is 4.13. The minimum atomic E-state index is -3.66. The maximum absolute atomic E-state index is 12.3. The van der Waals surface area contributed by atoms with E-state index < -0.39 is 10.0 Å². The Bertz CT molecular complexity index is 730. The third-order valence-electron chi connectivity index (χ3n) is 2.70. The summed E-state index contributed by atoms with van der Waals surface area (Å²) < 4.78 is 34.4. The van der Waals surface area contributed by atoms with Crippen molar-refractivity contribution in [2.75, 3.05) is 13.7 Å². The van der Waals surface area contributed by atoms with Gasteiger partial charge >= 0.3 is 0 Å². The van der Waals surface area contributed by atoms with Gasteiger partial charge < -0.3 is 4.74 Å². The molecule has 0 saturated heterocycles. The molecule has 0 spiro atoms. The number of sulfonamides is 1. The second-order valence-electron chi connectivity index (χ2n) is 4.28. The van der Waals surface area contributed by atoms with Gasteiger partial charge in [0.05, 0.1) is 7.11 Å². The molecule has 0 fully saturated rings. The molecule has 0 amide bonds. The van der Waals surface area contributed by atoms with Crippen LogP contribution in [0.3, 0.4) is 0 Å². The van der Waals surface area contributed by atoms with E-state index in [9.17, 15) is 8.42 Å². The highest BCUT2D eigenvalue weighted by molar-refractivity contribution is 9.10. The number of nitrogens with one attached hydrogen (secondary N) is 1. The van der Waals surface area contributed by atoms with Crippen LogP contribution in [0.15, 0.2) is 33.9 Å². The van der Waals surface area contributed by atoms with Gasteiger partial charge in [-0.15, -0.1) is 0 Å². The molecule has 0 atom stereocenters. The summed E-state index contributed by atoms with van der Waals surface area (Å²) in [6, 6.07) is 4.81. The molecular formula is C12H15BrN4O3S. The van der Waals surface area contributed by atoms with Crippen LogP contribution in [0.2, 0.25) is 0 Å². The predicted molar refractivity (Wildman–Crippen MR) is 80.6 cm³/mol. The van der Waals surface area contributed by atoms with Gasteiger partial charge in [0.2, 0.25) is 10.0 Å². The smallest absolute Gasteiger partial charge is 0.244 e. The van der Waals surface area contributed by atoms with Crippen LogP contribution in [0, 0.1) is 0 Å². The van der Waals surface area contributed by atoms with Gasteiger partial charge in [-0.2, -0.15) is 5.10 Å². The highest BCUT2D eigenvalue weighted by Crippen LogP contribution is 2.26. The average Bonchev–Trinajstić information content (AvgIpc) is 2.84. The molecule has 0 aliphatic carbocycles. The molecule has 0 aliphatic heterocycles. The zero-order valence-corrected chi connectivity index (χ0v) is 14.0. The van der Waals surface area contributed by atoms with Crippen LogP contribution in [0.1, 0.15) is 5.82 Å². The lowest BCUT2D eigenvalue weighted by Gasteiger charge is -2.10. The van der Waals surface area contributed by atoms with Crippen molar-refractivity contribution in [2.24, 2.45) is 7.05 Å². The summed E-state index contributed by atoms with van der Waals surface area (Å²) in [7, 11) is -0.469. The van der Waals surface area contributed by atoms with Crippen LogP contribution in [0.4, 0.5) is 0 Å². The van der Waals surface area contributed by atoms with Crippen LogP contribution in [0.25, 0.3) is 0 Å². The molecule has 7 nitrogen and oxygen atoms in total. The van der Waals surface area contributed by atoms with Crippen molar-refractivity contribution >= 4 is 26.0 Å². The molecule has 1 aromatic heterocycles. The van der Waals surface area contributed by atoms with Crippen molar-refractivity contribution in [1.82, 2.24) is 19.5 Å². The minimum Gasteiger partial charge on any atom is -0.495 e. The van der Waals surface area contributed by atoms with E-state index in [0.29, 0.717) is 22.5 Å². The fourth-order valence-corrected chi connectivity index (χ4v) is 3.47. The lowest BCUT2D eigenvalue weighted by molar-refractivity contribution is 0.402. The maximum Gasteiger partial charge on any atom is 0.244 e. The lowest BCUT2D eigenvalue weighted by atomic mass is 10.3. The van der Waals surface area contributed by atoms with Gasteiger partial charge in [0.1, 0.15) is 17.0 Å². The van der Waals surface area contributed by atoms with E-state index >= 15 is 0 Å². The molecule has 2 rings (SSSR count). The third kappa shape index (κ3) is 4.02. The molecule has 0 saturated carbocycles. The molecule has 2 aromatic rings. The van der Waals surface area contributed by atoms with Crippen LogP contribution < -0.4 is 9.46 Å². The molecule has 114 valence electrons. The zero-order chi connectivity index (χ0) is 15.5. The van der Waals surface area contributed by atoms with Gasteiger partial charge in [-0.05, 0) is 18.2 Å². The average molecular weight is 375 g/mol. The normalized spacial score (nSPS) is 11.6. The maximum atomic E-state index is 12.3. The van der Waals surface area contributed by atoms with E-state index in [1.165, 1.54) is 13.2 Å². The molecule has 0 radical (unpaired) electrons. The van der Waals surface area contributed by atoms with Gasteiger partial charge in [-0.3, -0.25) is 4.68 Å². The highest BCUT2D eigenvalue weighted by Gasteiger charge is 2.19. The van der Waals surface area contributed by atoms with E-state index in [1.807, 2.05) is 0 Å². The summed E-state index contributed by atoms with van der Waals surface area (Å²) >= 11 is 3.26. The standard InChI is InChI=1S/C12H15BrN4O3S/c1-17-8-14-12(16-17)5-6-15-21(18,19)11-7-9(13)3-4-10(11)20-2/h3-4,7-8,15H,5-6H2,1-2H3. The first-order valence-electron chi connectivity index (χ1n) is 6.10. The van der Waals surface area contributed by atoms with Crippen LogP contribution in [0.5, 0.6) is 5.75 Å². The first-order valence-corrected chi connectivity index (χ1v) is 8.38. The molecule has 1 aromatic carbocycles. The number of ether oxygens (including phenoxy) is 1. The Kier molecular flexibility index (Phi) is 4.96. The lowest BCUT2D eigenvalue weighted by Crippen LogP contribution is -2.26. The van der Waals surface area contributed by atoms with Crippen molar-refractivity contribution in [3.05, 3.63) is 34.8 Å². The number of aromatic nitrogens is 3. The Hall–Kier alpha value is -1.45. The first kappa shape index (κ1) is 15.9. The summed E-state index contributed by atoms with van der Waals surface area (Å²) in [5.74, 6) is 0.878. The first-order chi connectivity index (χ1) is 9.92. The Morgan fingerprint density at radius 2 is 2.19 bits per heavy atom. The van der Waals surface area contributed by atoms with Gasteiger partial charge in [0.15, 0.2) is 5.82 Å². The number of halogens is 1. The van der Waals surface area contributed by atoms with E-state index in [0.717, 1.165) is 0 Å².